The number of phenolic OH excluding ortho intramolecular Hbond substituents is 1. The van der Waals surface area contributed by atoms with Crippen molar-refractivity contribution in [1.29, 1.82) is 0 Å². The Morgan fingerprint density at radius 3 is 2.20 bits per heavy atom. The largest absolute Gasteiger partial charge is 0.504 e. The Labute approximate surface area is 147 Å². The molecule has 0 amide bonds. The van der Waals surface area contributed by atoms with Crippen molar-refractivity contribution in [1.82, 2.24) is 4.90 Å². The summed E-state index contributed by atoms with van der Waals surface area (Å²) in [5.74, 6) is 2.30. The van der Waals surface area contributed by atoms with Crippen molar-refractivity contribution >= 4 is 0 Å². The first-order valence-corrected chi connectivity index (χ1v) is 8.44. The van der Waals surface area contributed by atoms with Gasteiger partial charge in [0.1, 0.15) is 0 Å². The third-order valence-corrected chi connectivity index (χ3v) is 5.64. The molecular weight excluding hydrogens is 318 g/mol. The predicted octanol–water partition coefficient (Wildman–Crippen LogP) is 3.24. The van der Waals surface area contributed by atoms with Gasteiger partial charge in [0.05, 0.1) is 21.3 Å². The van der Waals surface area contributed by atoms with Gasteiger partial charge in [-0.1, -0.05) is 6.07 Å². The van der Waals surface area contributed by atoms with Crippen molar-refractivity contribution in [2.75, 3.05) is 28.4 Å². The van der Waals surface area contributed by atoms with Gasteiger partial charge in [0, 0.05) is 17.6 Å². The molecular formula is C20H23NO4. The number of methoxy groups -OCH3 is 3. The van der Waals surface area contributed by atoms with E-state index in [-0.39, 0.29) is 17.8 Å². The van der Waals surface area contributed by atoms with Crippen LogP contribution in [-0.2, 0) is 12.8 Å². The summed E-state index contributed by atoms with van der Waals surface area (Å²) >= 11 is 0. The van der Waals surface area contributed by atoms with Crippen LogP contribution in [-0.4, -0.2) is 38.4 Å². The number of hydrogen-bond acceptors (Lipinski definition) is 5. The lowest BCUT2D eigenvalue weighted by molar-refractivity contribution is 0.134. The quantitative estimate of drug-likeness (QED) is 0.929. The molecule has 0 spiro atoms. The zero-order valence-electron chi connectivity index (χ0n) is 15.0. The van der Waals surface area contributed by atoms with Crippen LogP contribution in [0.4, 0.5) is 0 Å². The molecule has 2 atom stereocenters. The first kappa shape index (κ1) is 16.1. The van der Waals surface area contributed by atoms with Crippen LogP contribution in [0, 0.1) is 0 Å². The molecule has 2 aromatic carbocycles. The number of rotatable bonds is 3. The summed E-state index contributed by atoms with van der Waals surface area (Å²) in [4.78, 5) is 2.34. The Balaban J connectivity index is 1.86. The van der Waals surface area contributed by atoms with E-state index in [4.69, 9.17) is 14.2 Å². The third kappa shape index (κ3) is 2.26. The molecule has 0 saturated carbocycles. The Kier molecular flexibility index (Phi) is 3.76. The fraction of sp³-hybridized carbons (Fsp3) is 0.400. The molecule has 2 bridgehead atoms. The molecule has 25 heavy (non-hydrogen) atoms. The maximum Gasteiger partial charge on any atom is 0.162 e. The molecule has 0 radical (unpaired) electrons. The molecule has 0 fully saturated rings. The summed E-state index contributed by atoms with van der Waals surface area (Å²) in [6, 6.07) is 8.48. The van der Waals surface area contributed by atoms with Crippen molar-refractivity contribution in [3.05, 3.63) is 46.5 Å². The molecule has 2 aliphatic heterocycles. The number of ether oxygens (including phenoxy) is 3. The van der Waals surface area contributed by atoms with Gasteiger partial charge in [-0.3, -0.25) is 4.90 Å². The summed E-state index contributed by atoms with van der Waals surface area (Å²) in [7, 11) is 7.03. The van der Waals surface area contributed by atoms with Gasteiger partial charge in [0.15, 0.2) is 23.0 Å². The zero-order valence-corrected chi connectivity index (χ0v) is 15.0. The Morgan fingerprint density at radius 1 is 0.880 bits per heavy atom. The van der Waals surface area contributed by atoms with E-state index in [1.54, 1.807) is 21.3 Å². The predicted molar refractivity (Wildman–Crippen MR) is 94.9 cm³/mol. The Morgan fingerprint density at radius 2 is 1.52 bits per heavy atom. The van der Waals surface area contributed by atoms with Crippen LogP contribution in [0.2, 0.25) is 0 Å². The summed E-state index contributed by atoms with van der Waals surface area (Å²) in [5.41, 5.74) is 4.70. The molecule has 5 nitrogen and oxygen atoms in total. The van der Waals surface area contributed by atoms with Crippen molar-refractivity contribution < 1.29 is 19.3 Å². The first-order valence-electron chi connectivity index (χ1n) is 8.44. The molecule has 5 heteroatoms. The number of hydrogen-bond donors (Lipinski definition) is 1. The van der Waals surface area contributed by atoms with Crippen LogP contribution >= 0.6 is 0 Å². The molecule has 0 aromatic heterocycles. The number of benzene rings is 2. The molecule has 2 aromatic rings. The minimum Gasteiger partial charge on any atom is -0.504 e. The van der Waals surface area contributed by atoms with Gasteiger partial charge in [-0.2, -0.15) is 0 Å². The molecule has 1 N–H and O–H groups in total. The molecule has 4 rings (SSSR count). The van der Waals surface area contributed by atoms with Gasteiger partial charge in [0.2, 0.25) is 0 Å². The fourth-order valence-electron chi connectivity index (χ4n) is 4.32. The van der Waals surface area contributed by atoms with Crippen LogP contribution in [0.5, 0.6) is 23.0 Å². The number of likely N-dealkylation sites (N-methyl/N-ethyl adjacent to an activating group) is 1. The van der Waals surface area contributed by atoms with E-state index >= 15 is 0 Å². The van der Waals surface area contributed by atoms with Crippen molar-refractivity contribution in [2.24, 2.45) is 0 Å². The van der Waals surface area contributed by atoms with Gasteiger partial charge in [-0.05, 0) is 54.8 Å². The lowest BCUT2D eigenvalue weighted by Crippen LogP contribution is -2.40. The van der Waals surface area contributed by atoms with Gasteiger partial charge in [-0.25, -0.2) is 0 Å². The van der Waals surface area contributed by atoms with Gasteiger partial charge < -0.3 is 19.3 Å². The van der Waals surface area contributed by atoms with E-state index in [1.807, 2.05) is 6.07 Å². The third-order valence-electron chi connectivity index (χ3n) is 5.64. The summed E-state index contributed by atoms with van der Waals surface area (Å²) in [5, 5.41) is 10.7. The van der Waals surface area contributed by atoms with E-state index < -0.39 is 0 Å². The molecule has 2 unspecified atom stereocenters. The highest BCUT2D eigenvalue weighted by molar-refractivity contribution is 5.57. The van der Waals surface area contributed by atoms with E-state index in [0.29, 0.717) is 5.75 Å². The highest BCUT2D eigenvalue weighted by Gasteiger charge is 2.40. The standard InChI is InChI=1S/C20H23NO4/c1-21-14-7-11-5-6-16(23-2)20(22)19(11)15(21)8-12-9-17(24-3)18(25-4)10-13(12)14/h5-6,9-10,14-15,22H,7-8H2,1-4H3. The smallest absolute Gasteiger partial charge is 0.162 e. The van der Waals surface area contributed by atoms with Gasteiger partial charge in [0.25, 0.3) is 0 Å². The van der Waals surface area contributed by atoms with E-state index in [9.17, 15) is 5.11 Å². The minimum atomic E-state index is 0.120. The zero-order chi connectivity index (χ0) is 17.7. The second kappa shape index (κ2) is 5.85. The van der Waals surface area contributed by atoms with E-state index in [2.05, 4.69) is 30.1 Å². The number of aromatic hydroxyl groups is 1. The Bertz CT molecular complexity index is 833. The van der Waals surface area contributed by atoms with Gasteiger partial charge >= 0.3 is 0 Å². The van der Waals surface area contributed by atoms with Crippen LogP contribution in [0.1, 0.15) is 34.3 Å². The van der Waals surface area contributed by atoms with Crippen LogP contribution in [0.3, 0.4) is 0 Å². The van der Waals surface area contributed by atoms with E-state index in [0.717, 1.165) is 29.9 Å². The fourth-order valence-corrected chi connectivity index (χ4v) is 4.32. The SMILES string of the molecule is COc1cc2c(cc1OC)C1Cc3ccc(OC)c(O)c3C(C2)N1C. The topological polar surface area (TPSA) is 51.2 Å². The normalized spacial score (nSPS) is 21.3. The molecule has 0 saturated heterocycles. The molecule has 132 valence electrons. The highest BCUT2D eigenvalue weighted by Crippen LogP contribution is 2.52. The molecule has 2 heterocycles. The monoisotopic (exact) mass is 341 g/mol. The first-order chi connectivity index (χ1) is 12.1. The second-order valence-electron chi connectivity index (χ2n) is 6.70. The molecule has 0 aliphatic carbocycles. The highest BCUT2D eigenvalue weighted by atomic mass is 16.5. The average Bonchev–Trinajstić information content (AvgIpc) is 2.62. The molecule has 2 aliphatic rings. The van der Waals surface area contributed by atoms with Crippen LogP contribution in [0.25, 0.3) is 0 Å². The average molecular weight is 341 g/mol. The Hall–Kier alpha value is -2.40. The summed E-state index contributed by atoms with van der Waals surface area (Å²) in [6.45, 7) is 0. The van der Waals surface area contributed by atoms with Gasteiger partial charge in [-0.15, -0.1) is 0 Å². The lowest BCUT2D eigenvalue weighted by atomic mass is 9.76. The maximum absolute atomic E-state index is 10.7. The van der Waals surface area contributed by atoms with Crippen molar-refractivity contribution in [3.8, 4) is 23.0 Å². The number of fused-ring (bicyclic) bond motifs is 6. The van der Waals surface area contributed by atoms with Crippen LogP contribution < -0.4 is 14.2 Å². The van der Waals surface area contributed by atoms with Crippen molar-refractivity contribution in [3.63, 3.8) is 0 Å². The van der Waals surface area contributed by atoms with Crippen LogP contribution in [0.15, 0.2) is 24.3 Å². The summed E-state index contributed by atoms with van der Waals surface area (Å²) < 4.78 is 16.3. The van der Waals surface area contributed by atoms with Crippen molar-refractivity contribution in [2.45, 2.75) is 24.9 Å². The van der Waals surface area contributed by atoms with E-state index in [1.165, 1.54) is 16.7 Å². The number of phenols is 1. The second-order valence-corrected chi connectivity index (χ2v) is 6.70. The summed E-state index contributed by atoms with van der Waals surface area (Å²) in [6.07, 6.45) is 1.67. The number of nitrogens with zero attached hydrogens (tertiary/aromatic N) is 1. The minimum absolute atomic E-state index is 0.120. The lowest BCUT2D eigenvalue weighted by Gasteiger charge is -2.46. The maximum atomic E-state index is 10.7.